The lowest BCUT2D eigenvalue weighted by atomic mass is 9.90. The highest BCUT2D eigenvalue weighted by atomic mass is 32.2. The average molecular weight is 589 g/mol. The molecule has 4 heterocycles. The Hall–Kier alpha value is -3.96. The van der Waals surface area contributed by atoms with E-state index in [4.69, 9.17) is 0 Å². The van der Waals surface area contributed by atoms with Crippen LogP contribution >= 0.6 is 0 Å². The van der Waals surface area contributed by atoms with Gasteiger partial charge in [-0.3, -0.25) is 9.69 Å². The summed E-state index contributed by atoms with van der Waals surface area (Å²) >= 11 is 0. The molecule has 2 fully saturated rings. The summed E-state index contributed by atoms with van der Waals surface area (Å²) in [6.45, 7) is 3.62. The second kappa shape index (κ2) is 11.7. The zero-order valence-corrected chi connectivity index (χ0v) is 24.3. The van der Waals surface area contributed by atoms with Gasteiger partial charge in [0.05, 0.1) is 34.7 Å². The van der Waals surface area contributed by atoms with E-state index in [0.717, 1.165) is 56.0 Å². The van der Waals surface area contributed by atoms with E-state index in [-0.39, 0.29) is 17.8 Å². The third-order valence-corrected chi connectivity index (χ3v) is 9.44. The number of likely N-dealkylation sites (tertiary alicyclic amines) is 2. The fourth-order valence-corrected chi connectivity index (χ4v) is 6.70. The Bertz CT molecular complexity index is 1650. The standard InChI is InChI=1S/C31H33FN6O3S/c1-42(40,41)27-9-7-22(8-10-27)20-36-14-11-24(12-15-36)29-28(19-35-38(29)31-33-17-26(32)18-34-31)30(39)37-16-13-25(21-37)23-5-3-2-4-6-23/h2-10,17-19,24-25H,11-16,20-21H2,1H3/t25-/m0/s1. The lowest BCUT2D eigenvalue weighted by Gasteiger charge is -2.32. The van der Waals surface area contributed by atoms with Gasteiger partial charge in [0.15, 0.2) is 15.7 Å². The number of rotatable bonds is 7. The zero-order chi connectivity index (χ0) is 29.3. The Balaban J connectivity index is 1.21. The van der Waals surface area contributed by atoms with Crippen LogP contribution in [-0.4, -0.2) is 76.3 Å². The highest BCUT2D eigenvalue weighted by Crippen LogP contribution is 2.34. The highest BCUT2D eigenvalue weighted by Gasteiger charge is 2.34. The average Bonchev–Trinajstić information content (AvgIpc) is 3.67. The molecular formula is C31H33FN6O3S. The number of benzene rings is 2. The minimum absolute atomic E-state index is 0.0384. The van der Waals surface area contributed by atoms with Crippen molar-refractivity contribution in [2.45, 2.75) is 42.5 Å². The summed E-state index contributed by atoms with van der Waals surface area (Å²) in [6.07, 6.45) is 7.52. The van der Waals surface area contributed by atoms with Gasteiger partial charge in [-0.25, -0.2) is 27.5 Å². The maximum absolute atomic E-state index is 13.9. The molecule has 6 rings (SSSR count). The summed E-state index contributed by atoms with van der Waals surface area (Å²) in [4.78, 5) is 26.8. The van der Waals surface area contributed by atoms with Crippen molar-refractivity contribution in [1.82, 2.24) is 29.5 Å². The first-order chi connectivity index (χ1) is 20.3. The number of halogens is 1. The molecule has 1 amide bonds. The summed E-state index contributed by atoms with van der Waals surface area (Å²) < 4.78 is 38.8. The Morgan fingerprint density at radius 1 is 0.905 bits per heavy atom. The molecule has 0 unspecified atom stereocenters. The quantitative estimate of drug-likeness (QED) is 0.319. The summed E-state index contributed by atoms with van der Waals surface area (Å²) in [7, 11) is -3.23. The summed E-state index contributed by atoms with van der Waals surface area (Å²) in [5.74, 6) is -0.0152. The lowest BCUT2D eigenvalue weighted by Crippen LogP contribution is -2.34. The molecule has 4 aromatic rings. The van der Waals surface area contributed by atoms with Crippen molar-refractivity contribution in [1.29, 1.82) is 0 Å². The van der Waals surface area contributed by atoms with Gasteiger partial charge in [0, 0.05) is 37.7 Å². The summed E-state index contributed by atoms with van der Waals surface area (Å²) in [5.41, 5.74) is 3.60. The van der Waals surface area contributed by atoms with Crippen molar-refractivity contribution in [2.75, 3.05) is 32.4 Å². The van der Waals surface area contributed by atoms with Crippen LogP contribution in [0.2, 0.25) is 0 Å². The van der Waals surface area contributed by atoms with Gasteiger partial charge in [0.25, 0.3) is 11.9 Å². The first-order valence-electron chi connectivity index (χ1n) is 14.2. The fraction of sp³-hybridized carbons (Fsp3) is 0.355. The molecule has 0 saturated carbocycles. The second-order valence-corrected chi connectivity index (χ2v) is 13.2. The first kappa shape index (κ1) is 28.2. The maximum Gasteiger partial charge on any atom is 0.257 e. The van der Waals surface area contributed by atoms with E-state index in [1.54, 1.807) is 23.0 Å². The molecule has 0 spiro atoms. The zero-order valence-electron chi connectivity index (χ0n) is 23.4. The van der Waals surface area contributed by atoms with Gasteiger partial charge in [-0.05, 0) is 55.6 Å². The second-order valence-electron chi connectivity index (χ2n) is 11.2. The van der Waals surface area contributed by atoms with Crippen LogP contribution < -0.4 is 0 Å². The molecule has 2 aromatic carbocycles. The van der Waals surface area contributed by atoms with Crippen LogP contribution in [0.4, 0.5) is 4.39 Å². The summed E-state index contributed by atoms with van der Waals surface area (Å²) in [5, 5.41) is 4.53. The molecule has 0 N–H and O–H groups in total. The number of hydrogen-bond donors (Lipinski definition) is 0. The number of carbonyl (C=O) groups excluding carboxylic acids is 1. The van der Waals surface area contributed by atoms with Gasteiger partial charge < -0.3 is 4.90 Å². The Kier molecular flexibility index (Phi) is 7.87. The predicted octanol–water partition coefficient (Wildman–Crippen LogP) is 4.21. The minimum Gasteiger partial charge on any atom is -0.338 e. The molecule has 11 heteroatoms. The topological polar surface area (TPSA) is 101 Å². The van der Waals surface area contributed by atoms with Crippen molar-refractivity contribution in [3.05, 3.63) is 101 Å². The molecule has 0 radical (unpaired) electrons. The Labute approximate surface area is 244 Å². The smallest absolute Gasteiger partial charge is 0.257 e. The molecule has 2 aliphatic heterocycles. The third-order valence-electron chi connectivity index (χ3n) is 8.31. The van der Waals surface area contributed by atoms with Gasteiger partial charge >= 0.3 is 0 Å². The predicted molar refractivity (Wildman–Crippen MR) is 156 cm³/mol. The number of nitrogens with zero attached hydrogens (tertiary/aromatic N) is 6. The molecule has 2 aromatic heterocycles. The van der Waals surface area contributed by atoms with Gasteiger partial charge in [-0.15, -0.1) is 0 Å². The monoisotopic (exact) mass is 588 g/mol. The largest absolute Gasteiger partial charge is 0.338 e. The van der Waals surface area contributed by atoms with Gasteiger partial charge in [0.1, 0.15) is 0 Å². The molecule has 2 aliphatic rings. The van der Waals surface area contributed by atoms with E-state index in [9.17, 15) is 17.6 Å². The van der Waals surface area contributed by atoms with Crippen molar-refractivity contribution >= 4 is 15.7 Å². The molecule has 218 valence electrons. The van der Waals surface area contributed by atoms with E-state index in [1.165, 1.54) is 11.8 Å². The van der Waals surface area contributed by atoms with Crippen LogP contribution in [0.25, 0.3) is 5.95 Å². The number of aromatic nitrogens is 4. The van der Waals surface area contributed by atoms with E-state index >= 15 is 0 Å². The van der Waals surface area contributed by atoms with E-state index in [1.807, 2.05) is 35.2 Å². The Morgan fingerprint density at radius 3 is 2.24 bits per heavy atom. The number of sulfone groups is 1. The summed E-state index contributed by atoms with van der Waals surface area (Å²) in [6, 6.07) is 17.3. The molecule has 0 aliphatic carbocycles. The third kappa shape index (κ3) is 5.98. The number of piperidine rings is 1. The van der Waals surface area contributed by atoms with Crippen molar-refractivity contribution in [3.8, 4) is 5.95 Å². The van der Waals surface area contributed by atoms with Gasteiger partial charge in [-0.2, -0.15) is 5.10 Å². The maximum atomic E-state index is 13.9. The van der Waals surface area contributed by atoms with Crippen molar-refractivity contribution in [2.24, 2.45) is 0 Å². The number of carbonyl (C=O) groups is 1. The van der Waals surface area contributed by atoms with Crippen molar-refractivity contribution in [3.63, 3.8) is 0 Å². The molecule has 1 atom stereocenters. The molecule has 2 saturated heterocycles. The molecular weight excluding hydrogens is 555 g/mol. The minimum atomic E-state index is -3.23. The van der Waals surface area contributed by atoms with E-state index < -0.39 is 15.7 Å². The lowest BCUT2D eigenvalue weighted by molar-refractivity contribution is 0.0788. The van der Waals surface area contributed by atoms with Crippen LogP contribution in [0.1, 0.15) is 58.3 Å². The first-order valence-corrected chi connectivity index (χ1v) is 16.1. The van der Waals surface area contributed by atoms with Crippen LogP contribution in [0.5, 0.6) is 0 Å². The number of hydrogen-bond acceptors (Lipinski definition) is 7. The fourth-order valence-electron chi connectivity index (χ4n) is 6.07. The van der Waals surface area contributed by atoms with Crippen LogP contribution in [0.3, 0.4) is 0 Å². The van der Waals surface area contributed by atoms with Gasteiger partial charge in [0.2, 0.25) is 0 Å². The normalized spacial score (nSPS) is 18.4. The van der Waals surface area contributed by atoms with Crippen LogP contribution in [-0.2, 0) is 16.4 Å². The van der Waals surface area contributed by atoms with Crippen LogP contribution in [0, 0.1) is 5.82 Å². The molecule has 42 heavy (non-hydrogen) atoms. The highest BCUT2D eigenvalue weighted by molar-refractivity contribution is 7.90. The van der Waals surface area contributed by atoms with Gasteiger partial charge in [-0.1, -0.05) is 42.5 Å². The number of amides is 1. The Morgan fingerprint density at radius 2 is 1.57 bits per heavy atom. The van der Waals surface area contributed by atoms with E-state index in [2.05, 4.69) is 32.1 Å². The van der Waals surface area contributed by atoms with Crippen LogP contribution in [0.15, 0.2) is 78.1 Å². The molecule has 0 bridgehead atoms. The molecule has 9 nitrogen and oxygen atoms in total. The van der Waals surface area contributed by atoms with E-state index in [0.29, 0.717) is 36.0 Å². The SMILES string of the molecule is CS(=O)(=O)c1ccc(CN2CCC(c3c(C(=O)N4CC[C@H](c5ccccc5)C4)cnn3-c3ncc(F)cn3)CC2)cc1. The van der Waals surface area contributed by atoms with Crippen molar-refractivity contribution < 1.29 is 17.6 Å².